The van der Waals surface area contributed by atoms with Crippen LogP contribution in [0.15, 0.2) is 79.6 Å². The first-order valence-corrected chi connectivity index (χ1v) is 30.7. The standard InChI is InChI=1S/3C17H29N3.C15H10O6/c3*1-2-3-4-5-6-7-8-9-10-12-17-19-14-16-20(17)15-11-13-18;16-13(17)9-6-10(8-4-2-1-3-5-8)12(15(20)21)11(7-9)14(18)19/h3*14,16H,2-12,15H2,1H3;1-7H,(H,16,17)(H,18,19)(H,20,21). The molecule has 0 bridgehead atoms. The number of H-pyrrole nitrogens is 3. The van der Waals surface area contributed by atoms with Gasteiger partial charge in [0.05, 0.1) is 55.4 Å². The van der Waals surface area contributed by atoms with Gasteiger partial charge in [0.1, 0.15) is 56.8 Å². The summed E-state index contributed by atoms with van der Waals surface area (Å²) in [6.45, 7) is 9.24. The topological polar surface area (TPSA) is 251 Å². The van der Waals surface area contributed by atoms with Crippen molar-refractivity contribution in [2.75, 3.05) is 0 Å². The maximum Gasteiger partial charge on any atom is 0.254 e. The van der Waals surface area contributed by atoms with Crippen LogP contribution < -0.4 is 29.0 Å². The van der Waals surface area contributed by atoms with Crippen LogP contribution in [-0.2, 0) is 38.9 Å². The van der Waals surface area contributed by atoms with Crippen molar-refractivity contribution in [3.8, 4) is 29.3 Å². The quantitative estimate of drug-likeness (QED) is 0.0249. The molecule has 0 aliphatic rings. The van der Waals surface area contributed by atoms with Gasteiger partial charge in [-0.2, -0.15) is 15.8 Å². The van der Waals surface area contributed by atoms with Gasteiger partial charge in [0, 0.05) is 30.4 Å². The average Bonchev–Trinajstić information content (AvgIpc) is 4.36. The molecular formula is C66H97N9O6. The molecule has 0 aliphatic carbocycles. The monoisotopic (exact) mass is 1110 g/mol. The summed E-state index contributed by atoms with van der Waals surface area (Å²) in [4.78, 5) is 43.1. The largest absolute Gasteiger partial charge is 0.545 e. The second-order valence-electron chi connectivity index (χ2n) is 20.9. The predicted molar refractivity (Wildman–Crippen MR) is 311 cm³/mol. The van der Waals surface area contributed by atoms with Crippen molar-refractivity contribution in [2.45, 2.75) is 252 Å². The van der Waals surface area contributed by atoms with Crippen molar-refractivity contribution in [2.24, 2.45) is 0 Å². The Kier molecular flexibility index (Phi) is 40.4. The van der Waals surface area contributed by atoms with Crippen molar-refractivity contribution in [3.63, 3.8) is 0 Å². The molecule has 81 heavy (non-hydrogen) atoms. The molecule has 5 aromatic rings. The van der Waals surface area contributed by atoms with Crippen LogP contribution in [0.1, 0.15) is 262 Å². The summed E-state index contributed by atoms with van der Waals surface area (Å²) in [6.07, 6.45) is 54.0. The summed E-state index contributed by atoms with van der Waals surface area (Å²) in [5.41, 5.74) is -1.61. The van der Waals surface area contributed by atoms with E-state index in [2.05, 4.69) is 67.6 Å². The first kappa shape index (κ1) is 70.1. The molecule has 0 saturated carbocycles. The summed E-state index contributed by atoms with van der Waals surface area (Å²) in [6, 6.07) is 16.2. The lowest BCUT2D eigenvalue weighted by Crippen LogP contribution is -2.35. The number of carboxylic acid groups (broad SMARTS) is 3. The van der Waals surface area contributed by atoms with E-state index >= 15 is 0 Å². The van der Waals surface area contributed by atoms with Crippen LogP contribution in [-0.4, -0.2) is 32.9 Å². The average molecular weight is 1110 g/mol. The molecule has 0 amide bonds. The number of nitrogens with one attached hydrogen (secondary N) is 3. The van der Waals surface area contributed by atoms with Crippen molar-refractivity contribution in [3.05, 3.63) is 114 Å². The van der Waals surface area contributed by atoms with E-state index in [9.17, 15) is 29.7 Å². The van der Waals surface area contributed by atoms with Gasteiger partial charge in [0.2, 0.25) is 0 Å². The SMILES string of the molecule is CCCCCCCCCCCc1[nH]cc[n+]1CCC#N.CCCCCCCCCCCc1[nH]cc[n+]1CCC#N.CCCCCCCCCCCc1[nH]cc[n+]1CCC#N.O=C([O-])c1cc(C(=O)[O-])c(C(=O)[O-])c(-c2ccccc2)c1. The number of unbranched alkanes of at least 4 members (excludes halogenated alkanes) is 24. The lowest BCUT2D eigenvalue weighted by atomic mass is 9.92. The molecule has 442 valence electrons. The number of rotatable bonds is 40. The molecule has 0 atom stereocenters. The number of aryl methyl sites for hydroxylation is 6. The Balaban J connectivity index is 0.000000369. The second-order valence-corrected chi connectivity index (χ2v) is 20.9. The normalized spacial score (nSPS) is 10.5. The Morgan fingerprint density at radius 2 is 0.753 bits per heavy atom. The molecule has 0 fully saturated rings. The third-order valence-electron chi connectivity index (χ3n) is 14.4. The van der Waals surface area contributed by atoms with Crippen molar-refractivity contribution in [1.29, 1.82) is 15.8 Å². The van der Waals surface area contributed by atoms with Crippen molar-refractivity contribution >= 4 is 17.9 Å². The third-order valence-corrected chi connectivity index (χ3v) is 14.4. The van der Waals surface area contributed by atoms with E-state index < -0.39 is 34.6 Å². The van der Waals surface area contributed by atoms with Crippen molar-refractivity contribution < 1.29 is 43.4 Å². The number of hydrogen-bond donors (Lipinski definition) is 3. The highest BCUT2D eigenvalue weighted by molar-refractivity contribution is 6.07. The number of hydrogen-bond acceptors (Lipinski definition) is 9. The van der Waals surface area contributed by atoms with E-state index in [4.69, 9.17) is 15.8 Å². The first-order valence-electron chi connectivity index (χ1n) is 30.7. The summed E-state index contributed by atoms with van der Waals surface area (Å²) < 4.78 is 6.52. The second kappa shape index (κ2) is 46.7. The number of carbonyl (C=O) groups is 3. The van der Waals surface area contributed by atoms with Crippen LogP contribution in [0, 0.1) is 34.0 Å². The molecule has 3 aromatic heterocycles. The molecule has 0 saturated heterocycles. The minimum atomic E-state index is -1.81. The highest BCUT2D eigenvalue weighted by atomic mass is 16.4. The third kappa shape index (κ3) is 31.5. The number of nitriles is 3. The Hall–Kier alpha value is -7.05. The number of imidazole rings is 3. The van der Waals surface area contributed by atoms with Gasteiger partial charge in [-0.25, -0.2) is 28.7 Å². The number of aromatic nitrogens is 6. The van der Waals surface area contributed by atoms with Crippen LogP contribution in [0.4, 0.5) is 0 Å². The maximum absolute atomic E-state index is 11.2. The summed E-state index contributed by atoms with van der Waals surface area (Å²) >= 11 is 0. The fraction of sp³-hybridized carbons (Fsp3) is 0.591. The Labute approximate surface area is 485 Å². The van der Waals surface area contributed by atoms with E-state index in [0.717, 1.165) is 45.0 Å². The number of aromatic amines is 3. The Bertz CT molecular complexity index is 2390. The van der Waals surface area contributed by atoms with Gasteiger partial charge >= 0.3 is 0 Å². The van der Waals surface area contributed by atoms with Gasteiger partial charge < -0.3 is 29.7 Å². The molecular weight excluding hydrogens is 1010 g/mol. The Morgan fingerprint density at radius 1 is 0.432 bits per heavy atom. The molecule has 2 aromatic carbocycles. The van der Waals surface area contributed by atoms with E-state index in [-0.39, 0.29) is 5.56 Å². The smallest absolute Gasteiger partial charge is 0.254 e. The summed E-state index contributed by atoms with van der Waals surface area (Å²) in [5.74, 6) is -1.37. The first-order chi connectivity index (χ1) is 39.6. The molecule has 0 unspecified atom stereocenters. The van der Waals surface area contributed by atoms with Gasteiger partial charge in [0.15, 0.2) is 0 Å². The summed E-state index contributed by atoms with van der Waals surface area (Å²) in [5, 5.41) is 59.2. The fourth-order valence-electron chi connectivity index (χ4n) is 9.77. The van der Waals surface area contributed by atoms with E-state index in [1.54, 1.807) is 18.2 Å². The highest BCUT2D eigenvalue weighted by Crippen LogP contribution is 2.28. The number of carbonyl (C=O) groups excluding carboxylic acids is 3. The van der Waals surface area contributed by atoms with Crippen LogP contribution in [0.25, 0.3) is 11.1 Å². The molecule has 0 radical (unpaired) electrons. The molecule has 5 rings (SSSR count). The van der Waals surface area contributed by atoms with Crippen LogP contribution in [0.5, 0.6) is 0 Å². The zero-order chi connectivity index (χ0) is 59.0. The van der Waals surface area contributed by atoms with E-state index in [0.29, 0.717) is 30.9 Å². The van der Waals surface area contributed by atoms with E-state index in [1.807, 2.05) is 37.2 Å². The minimum Gasteiger partial charge on any atom is -0.545 e. The fourth-order valence-corrected chi connectivity index (χ4v) is 9.77. The number of aromatic carboxylic acids is 3. The van der Waals surface area contributed by atoms with Gasteiger partial charge in [-0.05, 0) is 48.1 Å². The molecule has 0 spiro atoms. The summed E-state index contributed by atoms with van der Waals surface area (Å²) in [7, 11) is 0. The molecule has 3 N–H and O–H groups in total. The van der Waals surface area contributed by atoms with E-state index in [1.165, 1.54) is 203 Å². The number of carboxylic acids is 3. The molecule has 15 heteroatoms. The van der Waals surface area contributed by atoms with Gasteiger partial charge in [-0.15, -0.1) is 0 Å². The van der Waals surface area contributed by atoms with Crippen LogP contribution in [0.2, 0.25) is 0 Å². The maximum atomic E-state index is 11.2. The Morgan fingerprint density at radius 3 is 1.04 bits per heavy atom. The number of benzene rings is 2. The lowest BCUT2D eigenvalue weighted by Gasteiger charge is -2.19. The molecule has 15 nitrogen and oxygen atoms in total. The predicted octanol–water partition coefficient (Wildman–Crippen LogP) is 11.3. The highest BCUT2D eigenvalue weighted by Gasteiger charge is 2.16. The van der Waals surface area contributed by atoms with Gasteiger partial charge in [-0.3, -0.25) is 0 Å². The zero-order valence-corrected chi connectivity index (χ0v) is 49.6. The molecule has 0 aliphatic heterocycles. The molecule has 3 heterocycles. The number of nitrogens with zero attached hydrogens (tertiary/aromatic N) is 6. The van der Waals surface area contributed by atoms with Gasteiger partial charge in [-0.1, -0.05) is 205 Å². The van der Waals surface area contributed by atoms with Gasteiger partial charge in [0.25, 0.3) is 17.5 Å². The lowest BCUT2D eigenvalue weighted by molar-refractivity contribution is -0.702. The minimum absolute atomic E-state index is 0.0866. The van der Waals surface area contributed by atoms with Crippen LogP contribution >= 0.6 is 0 Å². The zero-order valence-electron chi connectivity index (χ0n) is 49.6. The van der Waals surface area contributed by atoms with Crippen LogP contribution in [0.3, 0.4) is 0 Å². The van der Waals surface area contributed by atoms with Crippen molar-refractivity contribution in [1.82, 2.24) is 15.0 Å².